The minimum Gasteiger partial charge on any atom is -0.462 e. The maximum atomic E-state index is 11.9. The molecule has 0 unspecified atom stereocenters. The fourth-order valence-electron chi connectivity index (χ4n) is 1.87. The summed E-state index contributed by atoms with van der Waals surface area (Å²) in [5.74, 6) is -0.338. The highest BCUT2D eigenvalue weighted by Crippen LogP contribution is 2.28. The zero-order valence-corrected chi connectivity index (χ0v) is 12.2. The van der Waals surface area contributed by atoms with E-state index >= 15 is 0 Å². The van der Waals surface area contributed by atoms with E-state index in [1.807, 2.05) is 43.3 Å². The Labute approximate surface area is 123 Å². The van der Waals surface area contributed by atoms with Crippen molar-refractivity contribution < 1.29 is 9.53 Å². The molecule has 0 saturated carbocycles. The second-order valence-corrected chi connectivity index (χ2v) is 4.71. The van der Waals surface area contributed by atoms with Gasteiger partial charge in [0, 0.05) is 10.7 Å². The number of nitrogens with one attached hydrogen (secondary N) is 1. The van der Waals surface area contributed by atoms with Gasteiger partial charge in [0.05, 0.1) is 17.9 Å². The van der Waals surface area contributed by atoms with Crippen LogP contribution in [-0.4, -0.2) is 12.6 Å². The van der Waals surface area contributed by atoms with Crippen LogP contribution in [0.25, 0.3) is 0 Å². The van der Waals surface area contributed by atoms with Crippen molar-refractivity contribution in [3.05, 3.63) is 58.6 Å². The van der Waals surface area contributed by atoms with Crippen LogP contribution in [0.1, 0.15) is 22.8 Å². The number of hydrogen-bond acceptors (Lipinski definition) is 3. The summed E-state index contributed by atoms with van der Waals surface area (Å²) in [5.41, 5.74) is 3.02. The van der Waals surface area contributed by atoms with Crippen LogP contribution in [0.4, 0.5) is 11.4 Å². The standard InChI is InChI=1S/C16H16ClNO2/c1-3-20-16(19)12-7-4-5-9-15(12)18-14-10-6-8-13(17)11(14)2/h4-10,18H,3H2,1-2H3. The van der Waals surface area contributed by atoms with Crippen LogP contribution >= 0.6 is 11.6 Å². The van der Waals surface area contributed by atoms with Gasteiger partial charge in [-0.25, -0.2) is 4.79 Å². The van der Waals surface area contributed by atoms with Crippen molar-refractivity contribution in [2.75, 3.05) is 11.9 Å². The first-order valence-electron chi connectivity index (χ1n) is 6.41. The SMILES string of the molecule is CCOC(=O)c1ccccc1Nc1cccc(Cl)c1C. The molecule has 1 N–H and O–H groups in total. The maximum Gasteiger partial charge on any atom is 0.340 e. The zero-order valence-electron chi connectivity index (χ0n) is 11.4. The number of carbonyl (C=O) groups excluding carboxylic acids is 1. The number of esters is 1. The van der Waals surface area contributed by atoms with E-state index in [9.17, 15) is 4.79 Å². The minimum absolute atomic E-state index is 0.338. The van der Waals surface area contributed by atoms with Gasteiger partial charge in [-0.2, -0.15) is 0 Å². The van der Waals surface area contributed by atoms with Crippen molar-refractivity contribution in [2.24, 2.45) is 0 Å². The predicted octanol–water partition coefficient (Wildman–Crippen LogP) is 4.57. The van der Waals surface area contributed by atoms with E-state index in [0.717, 1.165) is 11.3 Å². The van der Waals surface area contributed by atoms with Gasteiger partial charge in [-0.3, -0.25) is 0 Å². The number of anilines is 2. The van der Waals surface area contributed by atoms with Gasteiger partial charge >= 0.3 is 5.97 Å². The van der Waals surface area contributed by atoms with E-state index in [1.165, 1.54) is 0 Å². The van der Waals surface area contributed by atoms with Gasteiger partial charge in [0.2, 0.25) is 0 Å². The Hall–Kier alpha value is -2.00. The van der Waals surface area contributed by atoms with Crippen LogP contribution in [0.2, 0.25) is 5.02 Å². The van der Waals surface area contributed by atoms with Crippen LogP contribution in [0.3, 0.4) is 0 Å². The Balaban J connectivity index is 2.34. The Bertz CT molecular complexity index is 626. The van der Waals surface area contributed by atoms with Gasteiger partial charge in [0.1, 0.15) is 0 Å². The molecule has 0 spiro atoms. The Morgan fingerprint density at radius 3 is 2.60 bits per heavy atom. The lowest BCUT2D eigenvalue weighted by Crippen LogP contribution is -2.08. The predicted molar refractivity (Wildman–Crippen MR) is 81.9 cm³/mol. The third kappa shape index (κ3) is 3.11. The summed E-state index contributed by atoms with van der Waals surface area (Å²) in [6.45, 7) is 4.07. The molecule has 104 valence electrons. The highest BCUT2D eigenvalue weighted by atomic mass is 35.5. The molecular formula is C16H16ClNO2. The van der Waals surface area contributed by atoms with E-state index in [4.69, 9.17) is 16.3 Å². The summed E-state index contributed by atoms with van der Waals surface area (Å²) in [6, 6.07) is 12.9. The Morgan fingerprint density at radius 2 is 1.85 bits per heavy atom. The van der Waals surface area contributed by atoms with Crippen molar-refractivity contribution >= 4 is 28.9 Å². The third-order valence-corrected chi connectivity index (χ3v) is 3.37. The van der Waals surface area contributed by atoms with Crippen molar-refractivity contribution in [1.82, 2.24) is 0 Å². The quantitative estimate of drug-likeness (QED) is 0.838. The molecule has 0 fully saturated rings. The average Bonchev–Trinajstić information content (AvgIpc) is 2.45. The Kier molecular flexibility index (Phi) is 4.64. The molecule has 0 atom stereocenters. The summed E-state index contributed by atoms with van der Waals surface area (Å²) in [4.78, 5) is 11.9. The molecule has 0 aliphatic carbocycles. The highest BCUT2D eigenvalue weighted by molar-refractivity contribution is 6.31. The topological polar surface area (TPSA) is 38.3 Å². The summed E-state index contributed by atoms with van der Waals surface area (Å²) < 4.78 is 5.06. The van der Waals surface area contributed by atoms with Crippen LogP contribution in [-0.2, 0) is 4.74 Å². The van der Waals surface area contributed by atoms with Gasteiger partial charge in [0.25, 0.3) is 0 Å². The van der Waals surface area contributed by atoms with Gasteiger partial charge in [-0.05, 0) is 43.7 Å². The van der Waals surface area contributed by atoms with Crippen LogP contribution < -0.4 is 5.32 Å². The maximum absolute atomic E-state index is 11.9. The van der Waals surface area contributed by atoms with Crippen LogP contribution in [0.5, 0.6) is 0 Å². The molecule has 2 rings (SSSR count). The third-order valence-electron chi connectivity index (χ3n) is 2.96. The summed E-state index contributed by atoms with van der Waals surface area (Å²) in [5, 5.41) is 3.92. The molecule has 2 aromatic carbocycles. The van der Waals surface area contributed by atoms with Gasteiger partial charge in [-0.1, -0.05) is 29.8 Å². The molecule has 0 heterocycles. The minimum atomic E-state index is -0.338. The number of ether oxygens (including phenoxy) is 1. The number of benzene rings is 2. The first kappa shape index (κ1) is 14.4. The van der Waals surface area contributed by atoms with Crippen LogP contribution in [0.15, 0.2) is 42.5 Å². The number of hydrogen-bond donors (Lipinski definition) is 1. The summed E-state index contributed by atoms with van der Waals surface area (Å²) in [7, 11) is 0. The number of carbonyl (C=O) groups is 1. The molecule has 0 aromatic heterocycles. The fraction of sp³-hybridized carbons (Fsp3) is 0.188. The summed E-state index contributed by atoms with van der Waals surface area (Å²) in [6.07, 6.45) is 0. The molecule has 0 aliphatic rings. The molecule has 0 bridgehead atoms. The van der Waals surface area contributed by atoms with Crippen molar-refractivity contribution in [3.8, 4) is 0 Å². The first-order chi connectivity index (χ1) is 9.63. The highest BCUT2D eigenvalue weighted by Gasteiger charge is 2.12. The fourth-order valence-corrected chi connectivity index (χ4v) is 2.04. The lowest BCUT2D eigenvalue weighted by atomic mass is 10.1. The van der Waals surface area contributed by atoms with Crippen molar-refractivity contribution in [3.63, 3.8) is 0 Å². The molecule has 0 saturated heterocycles. The molecule has 2 aromatic rings. The average molecular weight is 290 g/mol. The number of halogens is 1. The monoisotopic (exact) mass is 289 g/mol. The molecule has 3 nitrogen and oxygen atoms in total. The molecule has 0 amide bonds. The number of rotatable bonds is 4. The second kappa shape index (κ2) is 6.44. The smallest absolute Gasteiger partial charge is 0.340 e. The molecular weight excluding hydrogens is 274 g/mol. The number of para-hydroxylation sites is 1. The van der Waals surface area contributed by atoms with E-state index in [1.54, 1.807) is 13.0 Å². The molecule has 20 heavy (non-hydrogen) atoms. The van der Waals surface area contributed by atoms with E-state index < -0.39 is 0 Å². The lowest BCUT2D eigenvalue weighted by Gasteiger charge is -2.13. The molecule has 4 heteroatoms. The molecule has 0 aliphatic heterocycles. The van der Waals surface area contributed by atoms with E-state index in [2.05, 4.69) is 5.32 Å². The first-order valence-corrected chi connectivity index (χ1v) is 6.79. The van der Waals surface area contributed by atoms with E-state index in [0.29, 0.717) is 22.9 Å². The van der Waals surface area contributed by atoms with Crippen molar-refractivity contribution in [1.29, 1.82) is 0 Å². The van der Waals surface area contributed by atoms with Gasteiger partial charge in [0.15, 0.2) is 0 Å². The second-order valence-electron chi connectivity index (χ2n) is 4.30. The Morgan fingerprint density at radius 1 is 1.15 bits per heavy atom. The molecule has 0 radical (unpaired) electrons. The summed E-state index contributed by atoms with van der Waals surface area (Å²) >= 11 is 6.10. The van der Waals surface area contributed by atoms with Gasteiger partial charge < -0.3 is 10.1 Å². The largest absolute Gasteiger partial charge is 0.462 e. The van der Waals surface area contributed by atoms with Crippen LogP contribution in [0, 0.1) is 6.92 Å². The lowest BCUT2D eigenvalue weighted by molar-refractivity contribution is 0.0527. The normalized spacial score (nSPS) is 10.2. The van der Waals surface area contributed by atoms with E-state index in [-0.39, 0.29) is 5.97 Å². The zero-order chi connectivity index (χ0) is 14.5. The van der Waals surface area contributed by atoms with Gasteiger partial charge in [-0.15, -0.1) is 0 Å². The van der Waals surface area contributed by atoms with Crippen molar-refractivity contribution in [2.45, 2.75) is 13.8 Å².